The van der Waals surface area contributed by atoms with Crippen molar-refractivity contribution in [2.24, 2.45) is 0 Å². The molecule has 14 heavy (non-hydrogen) atoms. The topological polar surface area (TPSA) is 58.2 Å². The van der Waals surface area contributed by atoms with Gasteiger partial charge in [-0.3, -0.25) is 14.3 Å². The molecule has 0 atom stereocenters. The molecule has 2 amide bonds. The molecule has 0 bridgehead atoms. The van der Waals surface area contributed by atoms with Crippen LogP contribution in [0.15, 0.2) is 0 Å². The van der Waals surface area contributed by atoms with E-state index in [0.29, 0.717) is 12.3 Å². The monoisotopic (exact) mass is 276 g/mol. The highest BCUT2D eigenvalue weighted by atomic mass is 35.5. The van der Waals surface area contributed by atoms with Crippen LogP contribution in [0.1, 0.15) is 0 Å². The van der Waals surface area contributed by atoms with Crippen LogP contribution in [0.25, 0.3) is 0 Å². The Morgan fingerprint density at radius 1 is 1.14 bits per heavy atom. The second-order valence-corrected chi connectivity index (χ2v) is 4.80. The Balaban J connectivity index is 3.14. The predicted octanol–water partition coefficient (Wildman–Crippen LogP) is 0.993. The minimum Gasteiger partial charge on any atom is -0.354 e. The van der Waals surface area contributed by atoms with Gasteiger partial charge in [-0.2, -0.15) is 0 Å². The first-order valence-electron chi connectivity index (χ1n) is 3.66. The molecule has 0 saturated carbocycles. The Bertz CT molecular complexity index is 175. The largest absolute Gasteiger partial charge is 0.354 e. The molecule has 0 heterocycles. The number of rotatable bonds is 7. The highest BCUT2D eigenvalue weighted by Crippen LogP contribution is 2.15. The van der Waals surface area contributed by atoms with Crippen molar-refractivity contribution in [3.05, 3.63) is 0 Å². The highest BCUT2D eigenvalue weighted by Gasteiger charge is 1.99. The molecule has 4 nitrogen and oxygen atoms in total. The van der Waals surface area contributed by atoms with E-state index in [9.17, 15) is 9.59 Å². The Hall–Kier alpha value is 0.220. The molecular weight excluding hydrogens is 267 g/mol. The summed E-state index contributed by atoms with van der Waals surface area (Å²) < 4.78 is 2.50. The molecule has 0 spiro atoms. The van der Waals surface area contributed by atoms with Crippen molar-refractivity contribution in [2.75, 3.05) is 24.1 Å². The summed E-state index contributed by atoms with van der Waals surface area (Å²) in [6.07, 6.45) is 0. The van der Waals surface area contributed by atoms with Crippen LogP contribution >= 0.6 is 45.0 Å². The first-order chi connectivity index (χ1) is 6.70. The molecule has 0 radical (unpaired) electrons. The zero-order valence-corrected chi connectivity index (χ0v) is 10.4. The second kappa shape index (κ2) is 9.76. The third-order valence-electron chi connectivity index (χ3n) is 0.965. The van der Waals surface area contributed by atoms with Crippen LogP contribution < -0.4 is 10.0 Å². The van der Waals surface area contributed by atoms with Gasteiger partial charge in [-0.25, -0.2) is 0 Å². The molecule has 0 aromatic carbocycles. The highest BCUT2D eigenvalue weighted by molar-refractivity contribution is 8.76. The standard InChI is InChI=1S/C6H10Cl2N2O2S2/c7-3-5(11)9-1-2-13-14-10-6(12)4-8/h1-4H2,(H,9,11)(H,10,12). The molecular formula is C6H10Cl2N2O2S2. The molecule has 0 unspecified atom stereocenters. The zero-order chi connectivity index (χ0) is 10.8. The number of nitrogens with one attached hydrogen (secondary N) is 2. The third kappa shape index (κ3) is 8.80. The molecule has 0 aliphatic carbocycles. The SMILES string of the molecule is O=C(CCl)NCCSSNC(=O)CCl. The van der Waals surface area contributed by atoms with Gasteiger partial charge in [0, 0.05) is 23.3 Å². The van der Waals surface area contributed by atoms with E-state index < -0.39 is 0 Å². The van der Waals surface area contributed by atoms with Gasteiger partial charge in [0.25, 0.3) is 0 Å². The van der Waals surface area contributed by atoms with E-state index in [1.807, 2.05) is 0 Å². The van der Waals surface area contributed by atoms with E-state index >= 15 is 0 Å². The summed E-state index contributed by atoms with van der Waals surface area (Å²) in [6.45, 7) is 0.528. The number of alkyl halides is 2. The minimum atomic E-state index is -0.228. The van der Waals surface area contributed by atoms with Crippen LogP contribution in [0.3, 0.4) is 0 Å². The van der Waals surface area contributed by atoms with Crippen LogP contribution in [0.5, 0.6) is 0 Å². The lowest BCUT2D eigenvalue weighted by molar-refractivity contribution is -0.118. The van der Waals surface area contributed by atoms with E-state index in [2.05, 4.69) is 10.0 Å². The van der Waals surface area contributed by atoms with E-state index in [4.69, 9.17) is 23.2 Å². The molecule has 82 valence electrons. The number of halogens is 2. The Morgan fingerprint density at radius 2 is 1.79 bits per heavy atom. The summed E-state index contributed by atoms with van der Waals surface area (Å²) in [6, 6.07) is 0. The number of carbonyl (C=O) groups excluding carboxylic acids is 2. The van der Waals surface area contributed by atoms with Crippen molar-refractivity contribution < 1.29 is 9.59 Å². The summed E-state index contributed by atoms with van der Waals surface area (Å²) >= 11 is 10.5. The van der Waals surface area contributed by atoms with Crippen LogP contribution in [0.4, 0.5) is 0 Å². The lowest BCUT2D eigenvalue weighted by atomic mass is 10.6. The van der Waals surface area contributed by atoms with Gasteiger partial charge in [-0.1, -0.05) is 10.8 Å². The van der Waals surface area contributed by atoms with Gasteiger partial charge >= 0.3 is 0 Å². The molecule has 0 fully saturated rings. The second-order valence-electron chi connectivity index (χ2n) is 2.05. The summed E-state index contributed by atoms with van der Waals surface area (Å²) in [4.78, 5) is 21.3. The van der Waals surface area contributed by atoms with Crippen molar-refractivity contribution >= 4 is 56.8 Å². The van der Waals surface area contributed by atoms with Crippen LogP contribution in [-0.4, -0.2) is 35.9 Å². The average molecular weight is 277 g/mol. The van der Waals surface area contributed by atoms with Gasteiger partial charge < -0.3 is 5.32 Å². The van der Waals surface area contributed by atoms with Crippen LogP contribution in [0, 0.1) is 0 Å². The molecule has 0 aromatic heterocycles. The Labute approximate surface area is 100 Å². The molecule has 0 rings (SSSR count). The molecule has 0 aliphatic heterocycles. The fourth-order valence-electron chi connectivity index (χ4n) is 0.424. The smallest absolute Gasteiger partial charge is 0.245 e. The van der Waals surface area contributed by atoms with Gasteiger partial charge in [0.05, 0.1) is 0 Å². The van der Waals surface area contributed by atoms with Gasteiger partial charge in [0.2, 0.25) is 11.8 Å². The Morgan fingerprint density at radius 3 is 2.36 bits per heavy atom. The molecule has 8 heteroatoms. The number of carbonyl (C=O) groups is 2. The third-order valence-corrected chi connectivity index (χ3v) is 3.35. The molecule has 0 saturated heterocycles. The molecule has 0 aromatic rings. The predicted molar refractivity (Wildman–Crippen MR) is 62.6 cm³/mol. The quantitative estimate of drug-likeness (QED) is 0.315. The lowest BCUT2D eigenvalue weighted by Crippen LogP contribution is -2.26. The fraction of sp³-hybridized carbons (Fsp3) is 0.667. The van der Waals surface area contributed by atoms with Crippen molar-refractivity contribution in [2.45, 2.75) is 0 Å². The van der Waals surface area contributed by atoms with Crippen LogP contribution in [-0.2, 0) is 9.59 Å². The number of hydrogen-bond donors (Lipinski definition) is 2. The maximum atomic E-state index is 10.7. The first-order valence-corrected chi connectivity index (χ1v) is 7.05. The van der Waals surface area contributed by atoms with Crippen molar-refractivity contribution in [1.29, 1.82) is 0 Å². The first kappa shape index (κ1) is 14.2. The number of amides is 2. The fourth-order valence-corrected chi connectivity index (χ4v) is 2.11. The summed E-state index contributed by atoms with van der Waals surface area (Å²) in [5.41, 5.74) is 0. The minimum absolute atomic E-state index is 0.0270. The summed E-state index contributed by atoms with van der Waals surface area (Å²) in [5.74, 6) is 0.198. The summed E-state index contributed by atoms with van der Waals surface area (Å²) in [5, 5.41) is 2.59. The van der Waals surface area contributed by atoms with E-state index in [1.165, 1.54) is 21.8 Å². The summed E-state index contributed by atoms with van der Waals surface area (Å²) in [7, 11) is 2.61. The van der Waals surface area contributed by atoms with Gasteiger partial charge in [-0.15, -0.1) is 23.2 Å². The van der Waals surface area contributed by atoms with Crippen molar-refractivity contribution in [3.8, 4) is 0 Å². The molecule has 0 aliphatic rings. The van der Waals surface area contributed by atoms with Gasteiger partial charge in [0.1, 0.15) is 11.8 Å². The van der Waals surface area contributed by atoms with E-state index in [-0.39, 0.29) is 23.6 Å². The van der Waals surface area contributed by atoms with E-state index in [1.54, 1.807) is 0 Å². The van der Waals surface area contributed by atoms with Gasteiger partial charge in [-0.05, 0) is 0 Å². The van der Waals surface area contributed by atoms with Crippen molar-refractivity contribution in [3.63, 3.8) is 0 Å². The maximum Gasteiger partial charge on any atom is 0.245 e. The molecule has 2 N–H and O–H groups in total. The normalized spacial score (nSPS) is 9.57. The zero-order valence-electron chi connectivity index (χ0n) is 7.22. The van der Waals surface area contributed by atoms with Crippen molar-refractivity contribution in [1.82, 2.24) is 10.0 Å². The van der Waals surface area contributed by atoms with Crippen LogP contribution in [0.2, 0.25) is 0 Å². The Kier molecular flexibility index (Phi) is 9.92. The van der Waals surface area contributed by atoms with Gasteiger partial charge in [0.15, 0.2) is 0 Å². The lowest BCUT2D eigenvalue weighted by Gasteiger charge is -2.02. The van der Waals surface area contributed by atoms with E-state index in [0.717, 1.165) is 0 Å². The maximum absolute atomic E-state index is 10.7. The average Bonchev–Trinajstić information content (AvgIpc) is 2.22. The number of hydrogen-bond acceptors (Lipinski definition) is 4.